The van der Waals surface area contributed by atoms with Gasteiger partial charge in [-0.05, 0) is 53.2 Å². The summed E-state index contributed by atoms with van der Waals surface area (Å²) in [5, 5.41) is 9.30. The zero-order chi connectivity index (χ0) is 14.6. The van der Waals surface area contributed by atoms with Gasteiger partial charge in [-0.15, -0.1) is 0 Å². The number of rotatable bonds is 6. The molecule has 0 heterocycles. The van der Waals surface area contributed by atoms with Gasteiger partial charge in [0.15, 0.2) is 0 Å². The second kappa shape index (κ2) is 6.68. The molecule has 3 unspecified atom stereocenters. The molecule has 1 aliphatic rings. The Kier molecular flexibility index (Phi) is 5.77. The highest BCUT2D eigenvalue weighted by molar-refractivity contribution is 5.78. The van der Waals surface area contributed by atoms with Crippen molar-refractivity contribution < 1.29 is 9.90 Å². The maximum atomic E-state index is 11.3. The predicted molar refractivity (Wildman–Crippen MR) is 77.2 cm³/mol. The summed E-state index contributed by atoms with van der Waals surface area (Å²) < 4.78 is 0. The molecular weight excluding hydrogens is 242 g/mol. The van der Waals surface area contributed by atoms with Gasteiger partial charge in [-0.25, -0.2) is 0 Å². The van der Waals surface area contributed by atoms with Crippen LogP contribution in [-0.2, 0) is 4.79 Å². The molecule has 3 N–H and O–H groups in total. The van der Waals surface area contributed by atoms with E-state index in [9.17, 15) is 9.90 Å². The topological polar surface area (TPSA) is 69.8 Å². The highest BCUT2D eigenvalue weighted by atomic mass is 16.4. The standard InChI is InChI=1S/C14H29N3O2/c1-5-17(11(2)10-16(3)4)12-7-6-8-14(15,9-12)13(18)19/h11-12H,5-10,15H2,1-4H3,(H,18,19). The van der Waals surface area contributed by atoms with E-state index in [2.05, 4.69) is 37.7 Å². The van der Waals surface area contributed by atoms with Crippen molar-refractivity contribution in [3.8, 4) is 0 Å². The Bertz CT molecular complexity index is 309. The monoisotopic (exact) mass is 271 g/mol. The summed E-state index contributed by atoms with van der Waals surface area (Å²) in [4.78, 5) is 15.9. The average Bonchev–Trinajstić information content (AvgIpc) is 2.28. The third-order valence-electron chi connectivity index (χ3n) is 4.22. The van der Waals surface area contributed by atoms with Crippen LogP contribution in [-0.4, -0.2) is 65.7 Å². The number of nitrogens with zero attached hydrogens (tertiary/aromatic N) is 2. The van der Waals surface area contributed by atoms with Crippen molar-refractivity contribution in [3.63, 3.8) is 0 Å². The fraction of sp³-hybridized carbons (Fsp3) is 0.929. The first-order chi connectivity index (χ1) is 8.80. The Morgan fingerprint density at radius 3 is 2.63 bits per heavy atom. The van der Waals surface area contributed by atoms with Crippen LogP contribution in [0.25, 0.3) is 0 Å². The SMILES string of the molecule is CCN(C(C)CN(C)C)C1CCCC(N)(C(=O)O)C1. The van der Waals surface area contributed by atoms with E-state index in [4.69, 9.17) is 5.73 Å². The molecule has 1 aliphatic carbocycles. The third-order valence-corrected chi connectivity index (χ3v) is 4.22. The Morgan fingerprint density at radius 1 is 1.53 bits per heavy atom. The van der Waals surface area contributed by atoms with E-state index in [1.165, 1.54) is 0 Å². The minimum absolute atomic E-state index is 0.287. The van der Waals surface area contributed by atoms with Crippen LogP contribution < -0.4 is 5.73 Å². The summed E-state index contributed by atoms with van der Waals surface area (Å²) in [6.07, 6.45) is 3.11. The molecular formula is C14H29N3O2. The van der Waals surface area contributed by atoms with Crippen LogP contribution in [0.4, 0.5) is 0 Å². The Labute approximate surface area is 116 Å². The van der Waals surface area contributed by atoms with Gasteiger partial charge in [0.1, 0.15) is 5.54 Å². The second-order valence-electron chi connectivity index (χ2n) is 6.15. The fourth-order valence-electron chi connectivity index (χ4n) is 3.32. The van der Waals surface area contributed by atoms with Crippen LogP contribution in [0.5, 0.6) is 0 Å². The van der Waals surface area contributed by atoms with Crippen molar-refractivity contribution in [1.29, 1.82) is 0 Å². The number of hydrogen-bond acceptors (Lipinski definition) is 4. The number of carbonyl (C=O) groups is 1. The van der Waals surface area contributed by atoms with Gasteiger partial charge in [-0.3, -0.25) is 9.69 Å². The molecule has 5 heteroatoms. The van der Waals surface area contributed by atoms with E-state index < -0.39 is 11.5 Å². The number of aliphatic carboxylic acids is 1. The van der Waals surface area contributed by atoms with E-state index in [0.717, 1.165) is 25.9 Å². The molecule has 3 atom stereocenters. The van der Waals surface area contributed by atoms with Crippen LogP contribution in [0.3, 0.4) is 0 Å². The van der Waals surface area contributed by atoms with Gasteiger partial charge in [-0.2, -0.15) is 0 Å². The van der Waals surface area contributed by atoms with E-state index in [1.807, 2.05) is 0 Å². The van der Waals surface area contributed by atoms with Crippen LogP contribution >= 0.6 is 0 Å². The largest absolute Gasteiger partial charge is 0.480 e. The molecule has 0 aromatic heterocycles. The van der Waals surface area contributed by atoms with Crippen molar-refractivity contribution in [1.82, 2.24) is 9.80 Å². The highest BCUT2D eigenvalue weighted by Gasteiger charge is 2.41. The van der Waals surface area contributed by atoms with Crippen molar-refractivity contribution >= 4 is 5.97 Å². The lowest BCUT2D eigenvalue weighted by molar-refractivity contribution is -0.145. The molecule has 19 heavy (non-hydrogen) atoms. The average molecular weight is 271 g/mol. The summed E-state index contributed by atoms with van der Waals surface area (Å²) in [6.45, 7) is 6.27. The van der Waals surface area contributed by atoms with E-state index in [-0.39, 0.29) is 6.04 Å². The molecule has 0 radical (unpaired) electrons. The minimum Gasteiger partial charge on any atom is -0.480 e. The zero-order valence-electron chi connectivity index (χ0n) is 12.7. The minimum atomic E-state index is -1.03. The van der Waals surface area contributed by atoms with Gasteiger partial charge < -0.3 is 15.7 Å². The first-order valence-corrected chi connectivity index (χ1v) is 7.23. The normalized spacial score (nSPS) is 29.7. The summed E-state index contributed by atoms with van der Waals surface area (Å²) in [5.74, 6) is -0.853. The molecule has 0 spiro atoms. The Hall–Kier alpha value is -0.650. The predicted octanol–water partition coefficient (Wildman–Crippen LogP) is 0.983. The summed E-state index contributed by atoms with van der Waals surface area (Å²) in [7, 11) is 4.13. The highest BCUT2D eigenvalue weighted by Crippen LogP contribution is 2.30. The van der Waals surface area contributed by atoms with Gasteiger partial charge in [0, 0.05) is 18.6 Å². The molecule has 0 amide bonds. The molecule has 0 bridgehead atoms. The van der Waals surface area contributed by atoms with Gasteiger partial charge in [0.25, 0.3) is 0 Å². The molecule has 0 aromatic carbocycles. The number of carboxylic acid groups (broad SMARTS) is 1. The fourth-order valence-corrected chi connectivity index (χ4v) is 3.32. The van der Waals surface area contributed by atoms with E-state index >= 15 is 0 Å². The molecule has 1 saturated carbocycles. The first-order valence-electron chi connectivity index (χ1n) is 7.23. The lowest BCUT2D eigenvalue weighted by atomic mass is 9.79. The smallest absolute Gasteiger partial charge is 0.323 e. The lowest BCUT2D eigenvalue weighted by Gasteiger charge is -2.43. The quantitative estimate of drug-likeness (QED) is 0.754. The van der Waals surface area contributed by atoms with Crippen LogP contribution in [0.2, 0.25) is 0 Å². The number of carboxylic acids is 1. The van der Waals surface area contributed by atoms with Gasteiger partial charge in [-0.1, -0.05) is 6.92 Å². The van der Waals surface area contributed by atoms with Crippen molar-refractivity contribution in [2.24, 2.45) is 5.73 Å². The van der Waals surface area contributed by atoms with Crippen molar-refractivity contribution in [2.45, 2.75) is 57.2 Å². The summed E-state index contributed by atoms with van der Waals surface area (Å²) in [5.41, 5.74) is 5.02. The van der Waals surface area contributed by atoms with Gasteiger partial charge in [0.2, 0.25) is 0 Å². The number of likely N-dealkylation sites (N-methyl/N-ethyl adjacent to an activating group) is 2. The van der Waals surface area contributed by atoms with Crippen molar-refractivity contribution in [2.75, 3.05) is 27.2 Å². The zero-order valence-corrected chi connectivity index (χ0v) is 12.7. The molecule has 0 aliphatic heterocycles. The van der Waals surface area contributed by atoms with Crippen LogP contribution in [0, 0.1) is 0 Å². The van der Waals surface area contributed by atoms with E-state index in [0.29, 0.717) is 18.9 Å². The number of hydrogen-bond donors (Lipinski definition) is 2. The van der Waals surface area contributed by atoms with Gasteiger partial charge in [0.05, 0.1) is 0 Å². The third kappa shape index (κ3) is 4.16. The Morgan fingerprint density at radius 2 is 2.16 bits per heavy atom. The van der Waals surface area contributed by atoms with Gasteiger partial charge >= 0.3 is 5.97 Å². The van der Waals surface area contributed by atoms with Crippen molar-refractivity contribution in [3.05, 3.63) is 0 Å². The second-order valence-corrected chi connectivity index (χ2v) is 6.15. The number of nitrogens with two attached hydrogens (primary N) is 1. The molecule has 1 fully saturated rings. The summed E-state index contributed by atoms with van der Waals surface area (Å²) in [6, 6.07) is 0.705. The van der Waals surface area contributed by atoms with Crippen LogP contribution in [0.1, 0.15) is 39.5 Å². The molecule has 5 nitrogen and oxygen atoms in total. The van der Waals surface area contributed by atoms with Crippen LogP contribution in [0.15, 0.2) is 0 Å². The maximum Gasteiger partial charge on any atom is 0.323 e. The molecule has 0 aromatic rings. The maximum absolute atomic E-state index is 11.3. The van der Waals surface area contributed by atoms with E-state index in [1.54, 1.807) is 0 Å². The molecule has 0 saturated heterocycles. The molecule has 112 valence electrons. The lowest BCUT2D eigenvalue weighted by Crippen LogP contribution is -2.57. The molecule has 1 rings (SSSR count). The Balaban J connectivity index is 2.73. The summed E-state index contributed by atoms with van der Waals surface area (Å²) >= 11 is 0. The first kappa shape index (κ1) is 16.4.